The fraction of sp³-hybridized carbons (Fsp3) is 0.450. The minimum absolute atomic E-state index is 0.00144. The number of imidazole rings is 1. The van der Waals surface area contributed by atoms with Crippen LogP contribution in [0.4, 0.5) is 4.79 Å². The number of aromatic nitrogens is 2. The highest BCUT2D eigenvalue weighted by Gasteiger charge is 2.28. The number of halogens is 1. The van der Waals surface area contributed by atoms with Crippen molar-refractivity contribution in [2.24, 2.45) is 0 Å². The Balaban J connectivity index is 1.57. The quantitative estimate of drug-likeness (QED) is 0.721. The van der Waals surface area contributed by atoms with Gasteiger partial charge in [-0.1, -0.05) is 30.3 Å². The van der Waals surface area contributed by atoms with Crippen molar-refractivity contribution in [2.75, 3.05) is 26.2 Å². The van der Waals surface area contributed by atoms with Crippen molar-refractivity contribution >= 4 is 27.9 Å². The van der Waals surface area contributed by atoms with E-state index in [0.717, 1.165) is 15.9 Å². The molecule has 3 rings (SSSR count). The molecule has 0 saturated carbocycles. The molecule has 0 spiro atoms. The Morgan fingerprint density at radius 2 is 1.68 bits per heavy atom. The third kappa shape index (κ3) is 4.92. The van der Waals surface area contributed by atoms with Gasteiger partial charge in [0.1, 0.15) is 22.4 Å². The maximum absolute atomic E-state index is 12.7. The van der Waals surface area contributed by atoms with Crippen LogP contribution in [0.25, 0.3) is 11.3 Å². The van der Waals surface area contributed by atoms with E-state index in [0.29, 0.717) is 26.2 Å². The van der Waals surface area contributed by atoms with Gasteiger partial charge in [0, 0.05) is 31.7 Å². The van der Waals surface area contributed by atoms with E-state index >= 15 is 0 Å². The Bertz CT molecular complexity index is 837. The van der Waals surface area contributed by atoms with Crippen LogP contribution in [-0.4, -0.2) is 63.1 Å². The van der Waals surface area contributed by atoms with Gasteiger partial charge < -0.3 is 19.1 Å². The van der Waals surface area contributed by atoms with Crippen LogP contribution in [0.2, 0.25) is 0 Å². The molecule has 0 aliphatic carbocycles. The van der Waals surface area contributed by atoms with Gasteiger partial charge in [0.15, 0.2) is 0 Å². The number of ether oxygens (including phenoxy) is 1. The van der Waals surface area contributed by atoms with Gasteiger partial charge in [-0.3, -0.25) is 4.79 Å². The van der Waals surface area contributed by atoms with E-state index in [1.54, 1.807) is 20.7 Å². The molecule has 1 aliphatic heterocycles. The molecule has 1 saturated heterocycles. The molecule has 1 fully saturated rings. The Morgan fingerprint density at radius 3 is 2.29 bits per heavy atom. The summed E-state index contributed by atoms with van der Waals surface area (Å²) in [6, 6.07) is 9.82. The summed E-state index contributed by atoms with van der Waals surface area (Å²) >= 11 is 3.56. The van der Waals surface area contributed by atoms with Crippen molar-refractivity contribution in [1.82, 2.24) is 19.4 Å². The minimum atomic E-state index is -0.520. The summed E-state index contributed by atoms with van der Waals surface area (Å²) in [6.45, 7) is 7.67. The van der Waals surface area contributed by atoms with Crippen molar-refractivity contribution in [2.45, 2.75) is 32.9 Å². The number of benzene rings is 1. The number of rotatable bonds is 3. The Labute approximate surface area is 173 Å². The SMILES string of the molecule is CC(C)(C)OC(=O)N1CCN(C(=O)Cn2cnc(-c3ccccc3)c2Br)CC1. The van der Waals surface area contributed by atoms with E-state index in [-0.39, 0.29) is 18.5 Å². The molecule has 2 aromatic rings. The highest BCUT2D eigenvalue weighted by molar-refractivity contribution is 9.10. The maximum Gasteiger partial charge on any atom is 0.410 e. The molecular weight excluding hydrogens is 424 g/mol. The molecule has 0 atom stereocenters. The third-order valence-corrected chi connectivity index (χ3v) is 5.24. The summed E-state index contributed by atoms with van der Waals surface area (Å²) in [5.74, 6) is 0.00144. The first-order valence-corrected chi connectivity index (χ1v) is 10.1. The lowest BCUT2D eigenvalue weighted by Crippen LogP contribution is -2.52. The number of amides is 2. The van der Waals surface area contributed by atoms with E-state index in [1.807, 2.05) is 51.1 Å². The molecule has 0 radical (unpaired) electrons. The number of carbonyl (C=O) groups is 2. The fourth-order valence-electron chi connectivity index (χ4n) is 2.98. The molecule has 0 N–H and O–H groups in total. The number of nitrogens with zero attached hydrogens (tertiary/aromatic N) is 4. The van der Waals surface area contributed by atoms with Crippen molar-refractivity contribution < 1.29 is 14.3 Å². The molecule has 1 aromatic carbocycles. The Kier molecular flexibility index (Phi) is 6.07. The number of hydrogen-bond donors (Lipinski definition) is 0. The van der Waals surface area contributed by atoms with Crippen LogP contribution >= 0.6 is 15.9 Å². The second-order valence-corrected chi connectivity index (χ2v) is 8.48. The number of piperazine rings is 1. The first-order valence-electron chi connectivity index (χ1n) is 9.26. The molecule has 28 heavy (non-hydrogen) atoms. The zero-order valence-corrected chi connectivity index (χ0v) is 18.0. The van der Waals surface area contributed by atoms with E-state index in [2.05, 4.69) is 20.9 Å². The molecule has 8 heteroatoms. The summed E-state index contributed by atoms with van der Waals surface area (Å²) in [6.07, 6.45) is 1.34. The van der Waals surface area contributed by atoms with Crippen LogP contribution in [-0.2, 0) is 16.1 Å². The average molecular weight is 449 g/mol. The van der Waals surface area contributed by atoms with E-state index < -0.39 is 5.60 Å². The average Bonchev–Trinajstić information content (AvgIpc) is 3.01. The normalized spacial score (nSPS) is 14.9. The van der Waals surface area contributed by atoms with E-state index in [1.165, 1.54) is 0 Å². The first-order chi connectivity index (χ1) is 13.2. The zero-order chi connectivity index (χ0) is 20.3. The second kappa shape index (κ2) is 8.34. The predicted molar refractivity (Wildman–Crippen MR) is 110 cm³/mol. The van der Waals surface area contributed by atoms with Crippen molar-refractivity contribution in [3.05, 3.63) is 41.3 Å². The molecule has 0 bridgehead atoms. The number of hydrogen-bond acceptors (Lipinski definition) is 4. The summed E-state index contributed by atoms with van der Waals surface area (Å²) in [7, 11) is 0. The van der Waals surface area contributed by atoms with Crippen LogP contribution in [0.3, 0.4) is 0 Å². The highest BCUT2D eigenvalue weighted by atomic mass is 79.9. The lowest BCUT2D eigenvalue weighted by molar-refractivity contribution is -0.133. The lowest BCUT2D eigenvalue weighted by atomic mass is 10.2. The molecule has 0 unspecified atom stereocenters. The summed E-state index contributed by atoms with van der Waals surface area (Å²) in [4.78, 5) is 32.7. The van der Waals surface area contributed by atoms with Gasteiger partial charge in [0.2, 0.25) is 5.91 Å². The Morgan fingerprint density at radius 1 is 1.07 bits per heavy atom. The van der Waals surface area contributed by atoms with Crippen molar-refractivity contribution in [3.8, 4) is 11.3 Å². The van der Waals surface area contributed by atoms with Gasteiger partial charge in [-0.05, 0) is 36.7 Å². The van der Waals surface area contributed by atoms with Gasteiger partial charge in [0.25, 0.3) is 0 Å². The van der Waals surface area contributed by atoms with Gasteiger partial charge in [-0.2, -0.15) is 0 Å². The fourth-order valence-corrected chi connectivity index (χ4v) is 3.53. The molecule has 2 heterocycles. The van der Waals surface area contributed by atoms with E-state index in [9.17, 15) is 9.59 Å². The minimum Gasteiger partial charge on any atom is -0.444 e. The molecular formula is C20H25BrN4O3. The largest absolute Gasteiger partial charge is 0.444 e. The van der Waals surface area contributed by atoms with Gasteiger partial charge in [0.05, 0.1) is 6.33 Å². The van der Waals surface area contributed by atoms with Crippen LogP contribution < -0.4 is 0 Å². The lowest BCUT2D eigenvalue weighted by Gasteiger charge is -2.35. The second-order valence-electron chi connectivity index (χ2n) is 7.73. The summed E-state index contributed by atoms with van der Waals surface area (Å²) in [5, 5.41) is 0. The number of carbonyl (C=O) groups excluding carboxylic acids is 2. The van der Waals surface area contributed by atoms with Crippen LogP contribution in [0.15, 0.2) is 41.3 Å². The van der Waals surface area contributed by atoms with Crippen LogP contribution in [0.1, 0.15) is 20.8 Å². The summed E-state index contributed by atoms with van der Waals surface area (Å²) < 4.78 is 7.97. The van der Waals surface area contributed by atoms with Gasteiger partial charge in [-0.15, -0.1) is 0 Å². The van der Waals surface area contributed by atoms with Crippen molar-refractivity contribution in [3.63, 3.8) is 0 Å². The first kappa shape index (κ1) is 20.4. The standard InChI is InChI=1S/C20H25BrN4O3/c1-20(2,3)28-19(27)24-11-9-23(10-12-24)16(26)13-25-14-22-17(18(25)21)15-7-5-4-6-8-15/h4-8,14H,9-13H2,1-3H3. The van der Waals surface area contributed by atoms with E-state index in [4.69, 9.17) is 4.74 Å². The van der Waals surface area contributed by atoms with Crippen LogP contribution in [0.5, 0.6) is 0 Å². The predicted octanol–water partition coefficient (Wildman–Crippen LogP) is 3.39. The summed E-state index contributed by atoms with van der Waals surface area (Å²) in [5.41, 5.74) is 1.28. The maximum atomic E-state index is 12.7. The topological polar surface area (TPSA) is 67.7 Å². The van der Waals surface area contributed by atoms with Gasteiger partial charge >= 0.3 is 6.09 Å². The monoisotopic (exact) mass is 448 g/mol. The third-order valence-electron chi connectivity index (χ3n) is 4.41. The highest BCUT2D eigenvalue weighted by Crippen LogP contribution is 2.26. The smallest absolute Gasteiger partial charge is 0.410 e. The molecule has 150 valence electrons. The van der Waals surface area contributed by atoms with Crippen LogP contribution in [0, 0.1) is 0 Å². The Hall–Kier alpha value is -2.35. The van der Waals surface area contributed by atoms with Gasteiger partial charge in [-0.25, -0.2) is 9.78 Å². The van der Waals surface area contributed by atoms with Crippen molar-refractivity contribution in [1.29, 1.82) is 0 Å². The molecule has 7 nitrogen and oxygen atoms in total. The molecule has 1 aromatic heterocycles. The molecule has 2 amide bonds. The zero-order valence-electron chi connectivity index (χ0n) is 16.4. The molecule has 1 aliphatic rings.